The second kappa shape index (κ2) is 5.27. The van der Waals surface area contributed by atoms with Crippen molar-refractivity contribution in [2.24, 2.45) is 5.92 Å². The number of rotatable bonds is 4. The summed E-state index contributed by atoms with van der Waals surface area (Å²) in [5, 5.41) is 8.82. The number of aliphatic hydroxyl groups is 1. The monoisotopic (exact) mass is 235 g/mol. The zero-order valence-electron chi connectivity index (χ0n) is 9.52. The first-order valence-corrected chi connectivity index (χ1v) is 7.34. The average Bonchev–Trinajstić information content (AvgIpc) is 2.17. The normalized spacial score (nSPS) is 28.3. The fourth-order valence-corrected chi connectivity index (χ4v) is 3.00. The highest BCUT2D eigenvalue weighted by Crippen LogP contribution is 2.29. The van der Waals surface area contributed by atoms with Crippen LogP contribution in [0.2, 0.25) is 0 Å². The zero-order valence-corrected chi connectivity index (χ0v) is 10.3. The summed E-state index contributed by atoms with van der Waals surface area (Å²) in [5.74, 6) is 0.583. The van der Waals surface area contributed by atoms with E-state index in [0.29, 0.717) is 5.92 Å². The highest BCUT2D eigenvalue weighted by atomic mass is 32.2. The molecule has 0 aliphatic heterocycles. The van der Waals surface area contributed by atoms with E-state index in [1.54, 1.807) is 7.05 Å². The summed E-state index contributed by atoms with van der Waals surface area (Å²) < 4.78 is 24.1. The van der Waals surface area contributed by atoms with Crippen LogP contribution in [-0.2, 0) is 10.0 Å². The molecule has 1 N–H and O–H groups in total. The van der Waals surface area contributed by atoms with Crippen molar-refractivity contribution in [1.82, 2.24) is 4.31 Å². The first-order chi connectivity index (χ1) is 6.95. The molecule has 1 aliphatic rings. The molecule has 0 radical (unpaired) electrons. The van der Waals surface area contributed by atoms with Gasteiger partial charge in [-0.25, -0.2) is 12.7 Å². The van der Waals surface area contributed by atoms with Crippen LogP contribution in [0.4, 0.5) is 0 Å². The Hall–Kier alpha value is -0.130. The molecule has 1 fully saturated rings. The first-order valence-electron chi connectivity index (χ1n) is 5.49. The summed E-state index contributed by atoms with van der Waals surface area (Å²) in [6.45, 7) is 0.247. The summed E-state index contributed by atoms with van der Waals surface area (Å²) >= 11 is 0. The lowest BCUT2D eigenvalue weighted by atomic mass is 9.84. The van der Waals surface area contributed by atoms with E-state index in [-0.39, 0.29) is 12.6 Å². The van der Waals surface area contributed by atoms with Gasteiger partial charge in [0.15, 0.2) is 0 Å². The third-order valence-corrected chi connectivity index (χ3v) is 4.74. The lowest BCUT2D eigenvalue weighted by Gasteiger charge is -2.33. The molecule has 4 nitrogen and oxygen atoms in total. The van der Waals surface area contributed by atoms with E-state index >= 15 is 0 Å². The van der Waals surface area contributed by atoms with E-state index in [9.17, 15) is 8.42 Å². The Kier molecular flexibility index (Phi) is 4.55. The molecule has 0 saturated heterocycles. The Morgan fingerprint density at radius 3 is 2.20 bits per heavy atom. The molecule has 0 aromatic rings. The van der Waals surface area contributed by atoms with Gasteiger partial charge in [-0.1, -0.05) is 0 Å². The van der Waals surface area contributed by atoms with Crippen LogP contribution < -0.4 is 0 Å². The standard InChI is InChI=1S/C10H21NO3S/c1-11(15(2,13)14)10-5-3-9(4-6-10)7-8-12/h9-10,12H,3-8H2,1-2H3. The van der Waals surface area contributed by atoms with E-state index in [1.807, 2.05) is 0 Å². The highest BCUT2D eigenvalue weighted by molar-refractivity contribution is 7.88. The largest absolute Gasteiger partial charge is 0.396 e. The van der Waals surface area contributed by atoms with Crippen molar-refractivity contribution in [3.05, 3.63) is 0 Å². The van der Waals surface area contributed by atoms with Crippen molar-refractivity contribution < 1.29 is 13.5 Å². The van der Waals surface area contributed by atoms with Gasteiger partial charge in [0.1, 0.15) is 0 Å². The van der Waals surface area contributed by atoms with Crippen molar-refractivity contribution in [3.8, 4) is 0 Å². The molecule has 0 atom stereocenters. The van der Waals surface area contributed by atoms with Crippen molar-refractivity contribution in [2.75, 3.05) is 19.9 Å². The predicted molar refractivity (Wildman–Crippen MR) is 60.1 cm³/mol. The first kappa shape index (κ1) is 12.9. The van der Waals surface area contributed by atoms with Gasteiger partial charge in [0, 0.05) is 19.7 Å². The Balaban J connectivity index is 2.44. The topological polar surface area (TPSA) is 57.6 Å². The molecular formula is C10H21NO3S. The van der Waals surface area contributed by atoms with Crippen LogP contribution in [0, 0.1) is 5.92 Å². The molecule has 1 rings (SSSR count). The van der Waals surface area contributed by atoms with Gasteiger partial charge in [0.2, 0.25) is 10.0 Å². The van der Waals surface area contributed by atoms with Crippen LogP contribution in [-0.4, -0.2) is 43.8 Å². The fraction of sp³-hybridized carbons (Fsp3) is 1.00. The summed E-state index contributed by atoms with van der Waals surface area (Å²) in [4.78, 5) is 0. The van der Waals surface area contributed by atoms with Crippen LogP contribution in [0.3, 0.4) is 0 Å². The second-order valence-corrected chi connectivity index (χ2v) is 6.51. The number of hydrogen-bond donors (Lipinski definition) is 1. The molecule has 0 unspecified atom stereocenters. The molecule has 0 heterocycles. The quantitative estimate of drug-likeness (QED) is 0.785. The van der Waals surface area contributed by atoms with E-state index < -0.39 is 10.0 Å². The van der Waals surface area contributed by atoms with Crippen molar-refractivity contribution in [3.63, 3.8) is 0 Å². The Labute approximate surface area is 92.3 Å². The molecule has 5 heteroatoms. The third kappa shape index (κ3) is 3.74. The second-order valence-electron chi connectivity index (χ2n) is 4.47. The lowest BCUT2D eigenvalue weighted by molar-refractivity contribution is 0.193. The third-order valence-electron chi connectivity index (χ3n) is 3.39. The highest BCUT2D eigenvalue weighted by Gasteiger charge is 2.27. The smallest absolute Gasteiger partial charge is 0.211 e. The molecule has 1 saturated carbocycles. The summed E-state index contributed by atoms with van der Waals surface area (Å²) in [6.07, 6.45) is 6.03. The van der Waals surface area contributed by atoms with E-state index in [2.05, 4.69) is 0 Å². The number of nitrogens with zero attached hydrogens (tertiary/aromatic N) is 1. The summed E-state index contributed by atoms with van der Waals surface area (Å²) in [5.41, 5.74) is 0. The number of sulfonamides is 1. The lowest BCUT2D eigenvalue weighted by Crippen LogP contribution is -2.38. The van der Waals surface area contributed by atoms with Gasteiger partial charge >= 0.3 is 0 Å². The Morgan fingerprint density at radius 1 is 1.27 bits per heavy atom. The molecular weight excluding hydrogens is 214 g/mol. The van der Waals surface area contributed by atoms with Crippen LogP contribution in [0.25, 0.3) is 0 Å². The minimum Gasteiger partial charge on any atom is -0.396 e. The average molecular weight is 235 g/mol. The molecule has 90 valence electrons. The minimum atomic E-state index is -3.05. The summed E-state index contributed by atoms with van der Waals surface area (Å²) in [7, 11) is -1.39. The van der Waals surface area contributed by atoms with Crippen LogP contribution in [0.1, 0.15) is 32.1 Å². The van der Waals surface area contributed by atoms with Gasteiger partial charge in [-0.15, -0.1) is 0 Å². The Bertz CT molecular complexity index is 281. The molecule has 0 spiro atoms. The predicted octanol–water partition coefficient (Wildman–Crippen LogP) is 0.819. The van der Waals surface area contributed by atoms with Crippen molar-refractivity contribution in [1.29, 1.82) is 0 Å². The maximum Gasteiger partial charge on any atom is 0.211 e. The van der Waals surface area contributed by atoms with Gasteiger partial charge in [0.25, 0.3) is 0 Å². The summed E-state index contributed by atoms with van der Waals surface area (Å²) in [6, 6.07) is 0.162. The van der Waals surface area contributed by atoms with Crippen LogP contribution in [0.15, 0.2) is 0 Å². The van der Waals surface area contributed by atoms with Gasteiger partial charge in [-0.2, -0.15) is 0 Å². The fourth-order valence-electron chi connectivity index (χ4n) is 2.25. The molecule has 0 aromatic heterocycles. The van der Waals surface area contributed by atoms with Gasteiger partial charge in [-0.05, 0) is 38.0 Å². The number of hydrogen-bond acceptors (Lipinski definition) is 3. The van der Waals surface area contributed by atoms with E-state index in [1.165, 1.54) is 10.6 Å². The Morgan fingerprint density at radius 2 is 1.80 bits per heavy atom. The minimum absolute atomic E-state index is 0.162. The molecule has 15 heavy (non-hydrogen) atoms. The number of aliphatic hydroxyl groups excluding tert-OH is 1. The van der Waals surface area contributed by atoms with E-state index in [0.717, 1.165) is 32.1 Å². The SMILES string of the molecule is CN(C1CCC(CCO)CC1)S(C)(=O)=O. The van der Waals surface area contributed by atoms with Crippen molar-refractivity contribution >= 4 is 10.0 Å². The molecule has 0 aromatic carbocycles. The zero-order chi connectivity index (χ0) is 11.5. The van der Waals surface area contributed by atoms with Gasteiger partial charge in [0.05, 0.1) is 6.26 Å². The maximum atomic E-state index is 11.3. The van der Waals surface area contributed by atoms with E-state index in [4.69, 9.17) is 5.11 Å². The van der Waals surface area contributed by atoms with Crippen LogP contribution in [0.5, 0.6) is 0 Å². The van der Waals surface area contributed by atoms with Gasteiger partial charge in [-0.3, -0.25) is 0 Å². The van der Waals surface area contributed by atoms with Crippen molar-refractivity contribution in [2.45, 2.75) is 38.1 Å². The molecule has 0 amide bonds. The van der Waals surface area contributed by atoms with Crippen LogP contribution >= 0.6 is 0 Å². The molecule has 0 bridgehead atoms. The maximum absolute atomic E-state index is 11.3. The van der Waals surface area contributed by atoms with Gasteiger partial charge < -0.3 is 5.11 Å². The molecule has 1 aliphatic carbocycles.